The minimum atomic E-state index is 1.14. The molecule has 0 radical (unpaired) electrons. The van der Waals surface area contributed by atoms with Gasteiger partial charge in [-0.15, -0.1) is 0 Å². The summed E-state index contributed by atoms with van der Waals surface area (Å²) in [5, 5.41) is 0. The van der Waals surface area contributed by atoms with Crippen LogP contribution in [0.1, 0.15) is 206 Å². The molecule has 44 heavy (non-hydrogen) atoms. The van der Waals surface area contributed by atoms with E-state index in [0.29, 0.717) is 0 Å². The fraction of sp³-hybridized carbons (Fsp3) is 0.952. The van der Waals surface area contributed by atoms with Crippen LogP contribution in [0.4, 0.5) is 0 Å². The van der Waals surface area contributed by atoms with Crippen LogP contribution in [0.15, 0.2) is 0 Å². The topological polar surface area (TPSA) is 0 Å². The molecule has 0 bridgehead atoms. The van der Waals surface area contributed by atoms with Gasteiger partial charge < -0.3 is 8.97 Å². The van der Waals surface area contributed by atoms with Gasteiger partial charge in [0.15, 0.2) is 0 Å². The van der Waals surface area contributed by atoms with Crippen LogP contribution in [0.5, 0.6) is 0 Å². The van der Waals surface area contributed by atoms with Gasteiger partial charge in [-0.1, -0.05) is 142 Å². The second-order valence-electron chi connectivity index (χ2n) is 15.6. The van der Waals surface area contributed by atoms with Crippen molar-refractivity contribution in [2.45, 2.75) is 206 Å². The molecular weight excluding hydrogens is 532 g/mol. The monoisotopic (exact) mass is 615 g/mol. The number of piperidine rings is 2. The largest absolute Gasteiger partial charge is 0.314 e. The molecule has 2 heteroatoms. The number of rotatable bonds is 28. The number of quaternary nitrogens is 2. The van der Waals surface area contributed by atoms with Crippen molar-refractivity contribution < 1.29 is 8.97 Å². The first kappa shape index (κ1) is 39.7. The van der Waals surface area contributed by atoms with E-state index in [2.05, 4.69) is 25.7 Å². The number of nitrogens with zero attached hydrogens (tertiary/aromatic N) is 2. The van der Waals surface area contributed by atoms with Gasteiger partial charge in [0.25, 0.3) is 0 Å². The van der Waals surface area contributed by atoms with Crippen molar-refractivity contribution in [1.29, 1.82) is 0 Å². The zero-order valence-electron chi connectivity index (χ0n) is 30.8. The maximum absolute atomic E-state index is 3.81. The molecule has 0 aromatic rings. The van der Waals surface area contributed by atoms with Gasteiger partial charge in [0, 0.05) is 0 Å². The van der Waals surface area contributed by atoms with E-state index in [9.17, 15) is 0 Å². The zero-order chi connectivity index (χ0) is 31.3. The third kappa shape index (κ3) is 19.9. The van der Waals surface area contributed by atoms with Crippen LogP contribution >= 0.6 is 0 Å². The van der Waals surface area contributed by atoms with Crippen LogP contribution in [-0.2, 0) is 0 Å². The first-order chi connectivity index (χ1) is 21.7. The summed E-state index contributed by atoms with van der Waals surface area (Å²) in [5.41, 5.74) is 0. The maximum Gasteiger partial charge on any atom is 0.141 e. The average molecular weight is 615 g/mol. The van der Waals surface area contributed by atoms with E-state index < -0.39 is 0 Å². The predicted molar refractivity (Wildman–Crippen MR) is 197 cm³/mol. The molecular formula is C42H82N2+2. The standard InChI is InChI=1S/C42H82N2/c1-3-5-7-9-11-13-15-17-19-21-23-27-35-43(37-29-25-30-38-43)41-33-34-42-44(39-31-26-32-40-44)36-28-24-22-20-18-16-14-12-10-8-6-4-2/h3-32,35-42H2,1-2H3/q+2. The molecule has 2 nitrogen and oxygen atoms in total. The number of likely N-dealkylation sites (tertiary alicyclic amines) is 2. The average Bonchev–Trinajstić information content (AvgIpc) is 3.05. The summed E-state index contributed by atoms with van der Waals surface area (Å²) in [7, 11) is 0. The van der Waals surface area contributed by atoms with Gasteiger partial charge in [-0.25, -0.2) is 0 Å². The Kier molecular flexibility index (Phi) is 24.9. The van der Waals surface area contributed by atoms with Crippen molar-refractivity contribution in [2.24, 2.45) is 0 Å². The van der Waals surface area contributed by atoms with Crippen LogP contribution in [-0.4, -0.2) is 61.3 Å². The fourth-order valence-electron chi connectivity index (χ4n) is 8.31. The molecule has 2 aliphatic rings. The lowest BCUT2D eigenvalue weighted by Crippen LogP contribution is -2.53. The smallest absolute Gasteiger partial charge is 0.141 e. The highest BCUT2D eigenvalue weighted by atomic mass is 15.4. The van der Waals surface area contributed by atoms with E-state index in [1.54, 1.807) is 0 Å². The van der Waals surface area contributed by atoms with Crippen molar-refractivity contribution in [3.8, 4) is 11.8 Å². The Morgan fingerprint density at radius 2 is 0.568 bits per heavy atom. The molecule has 0 spiro atoms. The van der Waals surface area contributed by atoms with Gasteiger partial charge in [0.1, 0.15) is 13.1 Å². The summed E-state index contributed by atoms with van der Waals surface area (Å²) in [6.45, 7) is 15.3. The molecule has 0 unspecified atom stereocenters. The molecule has 2 heterocycles. The quantitative estimate of drug-likeness (QED) is 0.0467. The van der Waals surface area contributed by atoms with E-state index in [4.69, 9.17) is 0 Å². The molecule has 258 valence electrons. The van der Waals surface area contributed by atoms with Crippen LogP contribution in [0, 0.1) is 11.8 Å². The molecule has 0 atom stereocenters. The number of unbranched alkanes of at least 4 members (excludes halogenated alkanes) is 22. The summed E-state index contributed by atoms with van der Waals surface area (Å²) < 4.78 is 2.65. The van der Waals surface area contributed by atoms with Gasteiger partial charge in [-0.2, -0.15) is 0 Å². The van der Waals surface area contributed by atoms with E-state index in [1.165, 1.54) is 241 Å². The molecule has 2 aliphatic heterocycles. The van der Waals surface area contributed by atoms with Gasteiger partial charge in [0.05, 0.1) is 39.3 Å². The maximum atomic E-state index is 3.81. The fourth-order valence-corrected chi connectivity index (χ4v) is 8.31. The first-order valence-corrected chi connectivity index (χ1v) is 20.9. The van der Waals surface area contributed by atoms with E-state index >= 15 is 0 Å². The third-order valence-electron chi connectivity index (χ3n) is 11.5. The lowest BCUT2D eigenvalue weighted by atomic mass is 10.0. The Hall–Kier alpha value is -0.520. The van der Waals surface area contributed by atoms with Crippen molar-refractivity contribution in [2.75, 3.05) is 52.4 Å². The SMILES string of the molecule is CCCCCCCCCCCCCC[N+]1(CC#CC[N+]2(CCCCCCCCCCCCCC)CCCCC2)CCCCC1. The van der Waals surface area contributed by atoms with Gasteiger partial charge in [0.2, 0.25) is 0 Å². The zero-order valence-corrected chi connectivity index (χ0v) is 30.8. The van der Waals surface area contributed by atoms with E-state index in [-0.39, 0.29) is 0 Å². The molecule has 2 fully saturated rings. The second-order valence-corrected chi connectivity index (χ2v) is 15.6. The molecule has 0 aromatic heterocycles. The third-order valence-corrected chi connectivity index (χ3v) is 11.5. The molecule has 0 amide bonds. The summed E-state index contributed by atoms with van der Waals surface area (Å²) >= 11 is 0. The van der Waals surface area contributed by atoms with Crippen molar-refractivity contribution in [1.82, 2.24) is 0 Å². The van der Waals surface area contributed by atoms with Gasteiger partial charge >= 0.3 is 0 Å². The number of hydrogen-bond donors (Lipinski definition) is 0. The Morgan fingerprint density at radius 1 is 0.318 bits per heavy atom. The molecule has 2 rings (SSSR count). The Bertz CT molecular complexity index is 620. The van der Waals surface area contributed by atoms with E-state index in [1.807, 2.05) is 0 Å². The summed E-state index contributed by atoms with van der Waals surface area (Å²) in [6.07, 6.45) is 43.5. The Morgan fingerprint density at radius 3 is 0.841 bits per heavy atom. The van der Waals surface area contributed by atoms with Gasteiger partial charge in [-0.05, 0) is 76.0 Å². The predicted octanol–water partition coefficient (Wildman–Crippen LogP) is 12.4. The molecule has 0 aromatic carbocycles. The highest BCUT2D eigenvalue weighted by molar-refractivity contribution is 5.00. The van der Waals surface area contributed by atoms with Gasteiger partial charge in [-0.3, -0.25) is 0 Å². The van der Waals surface area contributed by atoms with Crippen molar-refractivity contribution in [3.05, 3.63) is 0 Å². The second kappa shape index (κ2) is 27.6. The normalized spacial score (nSPS) is 17.8. The molecule has 2 saturated heterocycles. The minimum absolute atomic E-state index is 1.14. The number of hydrogen-bond acceptors (Lipinski definition) is 0. The summed E-state index contributed by atoms with van der Waals surface area (Å²) in [4.78, 5) is 0. The lowest BCUT2D eigenvalue weighted by molar-refractivity contribution is -0.927. The minimum Gasteiger partial charge on any atom is -0.314 e. The van der Waals surface area contributed by atoms with Crippen molar-refractivity contribution in [3.63, 3.8) is 0 Å². The summed E-state index contributed by atoms with van der Waals surface area (Å²) in [6, 6.07) is 0. The molecule has 0 aliphatic carbocycles. The molecule has 0 N–H and O–H groups in total. The Balaban J connectivity index is 1.61. The van der Waals surface area contributed by atoms with E-state index in [0.717, 1.165) is 13.1 Å². The lowest BCUT2D eigenvalue weighted by Gasteiger charge is -2.41. The van der Waals surface area contributed by atoms with Crippen molar-refractivity contribution >= 4 is 0 Å². The highest BCUT2D eigenvalue weighted by Gasteiger charge is 2.30. The van der Waals surface area contributed by atoms with Crippen LogP contribution in [0.25, 0.3) is 0 Å². The highest BCUT2D eigenvalue weighted by Crippen LogP contribution is 2.23. The molecule has 0 saturated carbocycles. The first-order valence-electron chi connectivity index (χ1n) is 20.9. The summed E-state index contributed by atoms with van der Waals surface area (Å²) in [5.74, 6) is 7.63. The van der Waals surface area contributed by atoms with Crippen LogP contribution < -0.4 is 0 Å². The van der Waals surface area contributed by atoms with Crippen LogP contribution in [0.2, 0.25) is 0 Å². The van der Waals surface area contributed by atoms with Crippen LogP contribution in [0.3, 0.4) is 0 Å². The Labute approximate surface area is 279 Å².